The zero-order valence-electron chi connectivity index (χ0n) is 56.5. The summed E-state index contributed by atoms with van der Waals surface area (Å²) in [6.07, 6.45) is 12.6. The minimum absolute atomic E-state index is 0.0427. The number of hydrogen-bond donors (Lipinski definition) is 1. The summed E-state index contributed by atoms with van der Waals surface area (Å²) in [7, 11) is 1.39. The number of benzene rings is 4. The Morgan fingerprint density at radius 3 is 1.33 bits per heavy atom. The van der Waals surface area contributed by atoms with Crippen molar-refractivity contribution in [3.8, 4) is 44.8 Å². The van der Waals surface area contributed by atoms with E-state index in [-0.39, 0.29) is 84.2 Å². The van der Waals surface area contributed by atoms with Gasteiger partial charge >= 0.3 is 23.9 Å². The van der Waals surface area contributed by atoms with Gasteiger partial charge in [0.15, 0.2) is 11.6 Å². The standard InChI is InChI=1S/C39H46FNO6.C38H44FNO6/c1-23(2)35-32(19-17-28-21-29(46-39(6,7)45-28)22-33(42)47-38(3,4)5)34(24-12-15-27(40)16-13-24)31-11-9-10-25-20-26(37(43)44-8)14-18-30(25)36(31)41-35;1-22(2)34-31(18-16-27-20-28(45-38(6,7)44-27)21-32(41)46-37(3,4)5)33(23-11-14-26(39)15-12-23)30-10-8-9-24-19-25(36(42)43)13-17-29(24)35(30)40-34/h12-20,23,28-29H,9-11,21-22H2,1-8H3;11-19,22,27-28H,8-10,20-21H2,1-7H3,(H,42,43)/b19-17+;18-16+/t28-,29-;27-,28-/m11/s1. The first kappa shape index (κ1) is 69.6. The minimum Gasteiger partial charge on any atom is -0.478 e. The maximum Gasteiger partial charge on any atom is 0.337 e. The minimum atomic E-state index is -0.956. The number of carboxylic acids is 1. The number of nitrogens with zero attached hydrogens (tertiary/aromatic N) is 2. The van der Waals surface area contributed by atoms with Crippen molar-refractivity contribution >= 4 is 36.0 Å². The molecular formula is C77H90F2N2O12. The smallest absolute Gasteiger partial charge is 0.337 e. The van der Waals surface area contributed by atoms with Gasteiger partial charge in [-0.1, -0.05) is 88.4 Å². The van der Waals surface area contributed by atoms with E-state index in [2.05, 4.69) is 39.8 Å². The number of carboxylic acid groups (broad SMARTS) is 1. The number of ether oxygens (including phenoxy) is 7. The van der Waals surface area contributed by atoms with Crippen LogP contribution < -0.4 is 0 Å². The van der Waals surface area contributed by atoms with E-state index >= 15 is 0 Å². The summed E-state index contributed by atoms with van der Waals surface area (Å²) in [6, 6.07) is 24.1. The van der Waals surface area contributed by atoms with Crippen molar-refractivity contribution in [1.29, 1.82) is 0 Å². The van der Waals surface area contributed by atoms with Crippen molar-refractivity contribution in [1.82, 2.24) is 9.97 Å². The number of carbonyl (C=O) groups excluding carboxylic acids is 3. The van der Waals surface area contributed by atoms with E-state index in [1.807, 2.05) is 112 Å². The third-order valence-electron chi connectivity index (χ3n) is 16.6. The number of aromatic nitrogens is 2. The molecule has 4 aliphatic rings. The second-order valence-corrected chi connectivity index (χ2v) is 28.2. The largest absolute Gasteiger partial charge is 0.478 e. The van der Waals surface area contributed by atoms with Gasteiger partial charge in [0.1, 0.15) is 22.8 Å². The zero-order chi connectivity index (χ0) is 67.5. The Kier molecular flexibility index (Phi) is 21.3. The van der Waals surface area contributed by atoms with Crippen LogP contribution in [0.25, 0.3) is 56.9 Å². The third kappa shape index (κ3) is 17.5. The number of fused-ring (bicyclic) bond motifs is 6. The molecule has 0 amide bonds. The van der Waals surface area contributed by atoms with Crippen LogP contribution >= 0.6 is 0 Å². The SMILES string of the molecule is CC(C)c1nc2c(c(-c3ccc(F)cc3)c1/C=C/[C@@H]1C[C@H](CC(=O)OC(C)(C)C)OC(C)(C)O1)CCCc1cc(C(=O)O)ccc1-2.COC(=O)c1ccc2c(c1)CCCc1c-2nc(C(C)C)c(/C=C/[C@@H]2C[C@H](CC(=O)OC(C)(C)C)OC(C)(C)O2)c1-c1ccc(F)cc1. The van der Waals surface area contributed by atoms with Gasteiger partial charge in [0.05, 0.1) is 78.3 Å². The fourth-order valence-electron chi connectivity index (χ4n) is 13.0. The summed E-state index contributed by atoms with van der Waals surface area (Å²) in [6.45, 7) is 26.9. The highest BCUT2D eigenvalue weighted by molar-refractivity contribution is 5.93. The van der Waals surface area contributed by atoms with Gasteiger partial charge < -0.3 is 38.3 Å². The van der Waals surface area contributed by atoms with E-state index in [0.717, 1.165) is 128 Å². The second kappa shape index (κ2) is 28.4. The van der Waals surface area contributed by atoms with E-state index in [1.165, 1.54) is 31.4 Å². The molecule has 2 saturated heterocycles. The van der Waals surface area contributed by atoms with Crippen molar-refractivity contribution in [3.63, 3.8) is 0 Å². The van der Waals surface area contributed by atoms with E-state index in [9.17, 15) is 33.1 Å². The van der Waals surface area contributed by atoms with Crippen molar-refractivity contribution in [2.75, 3.05) is 7.11 Å². The number of rotatable bonds is 14. The Morgan fingerprint density at radius 1 is 0.581 bits per heavy atom. The lowest BCUT2D eigenvalue weighted by Gasteiger charge is -2.40. The van der Waals surface area contributed by atoms with E-state index < -0.39 is 28.7 Å². The van der Waals surface area contributed by atoms with Crippen molar-refractivity contribution in [2.24, 2.45) is 0 Å². The fraction of sp³-hybridized carbons (Fsp3) is 0.455. The van der Waals surface area contributed by atoms with Crippen LogP contribution in [0.4, 0.5) is 8.78 Å². The van der Waals surface area contributed by atoms with Crippen LogP contribution in [0.15, 0.2) is 97.1 Å². The second-order valence-electron chi connectivity index (χ2n) is 28.2. The van der Waals surface area contributed by atoms with E-state index in [1.54, 1.807) is 30.3 Å². The van der Waals surface area contributed by atoms with Gasteiger partial charge in [0, 0.05) is 35.1 Å². The molecular weight excluding hydrogens is 1180 g/mol. The molecule has 16 heteroatoms. The van der Waals surface area contributed by atoms with Gasteiger partial charge in [-0.2, -0.15) is 0 Å². The van der Waals surface area contributed by atoms with Crippen LogP contribution in [0.5, 0.6) is 0 Å². The van der Waals surface area contributed by atoms with Crippen LogP contribution in [0, 0.1) is 11.6 Å². The Hall–Kier alpha value is -7.76. The number of aromatic carboxylic acids is 1. The molecule has 2 fully saturated rings. The highest BCUT2D eigenvalue weighted by Gasteiger charge is 2.39. The lowest BCUT2D eigenvalue weighted by atomic mass is 9.86. The highest BCUT2D eigenvalue weighted by Crippen LogP contribution is 2.45. The first-order valence-corrected chi connectivity index (χ1v) is 32.5. The van der Waals surface area contributed by atoms with Crippen LogP contribution in [0.3, 0.4) is 0 Å². The average Bonchev–Trinajstić information content (AvgIpc) is 1.75. The van der Waals surface area contributed by atoms with Crippen LogP contribution in [-0.2, 0) is 68.4 Å². The maximum absolute atomic E-state index is 14.2. The van der Waals surface area contributed by atoms with E-state index in [4.69, 9.17) is 43.1 Å². The molecule has 2 aromatic heterocycles. The summed E-state index contributed by atoms with van der Waals surface area (Å²) in [5.41, 5.74) is 14.8. The van der Waals surface area contributed by atoms with Gasteiger partial charge in [-0.3, -0.25) is 19.6 Å². The molecule has 0 bridgehead atoms. The molecule has 10 rings (SSSR count). The van der Waals surface area contributed by atoms with Crippen molar-refractivity contribution in [2.45, 2.75) is 220 Å². The maximum atomic E-state index is 14.2. The Labute approximate surface area is 546 Å². The molecule has 0 unspecified atom stereocenters. The number of hydrogen-bond acceptors (Lipinski definition) is 13. The first-order chi connectivity index (χ1) is 43.7. The van der Waals surface area contributed by atoms with Gasteiger partial charge in [-0.25, -0.2) is 18.4 Å². The van der Waals surface area contributed by atoms with Gasteiger partial charge in [0.2, 0.25) is 0 Å². The summed E-state index contributed by atoms with van der Waals surface area (Å²) < 4.78 is 69.3. The lowest BCUT2D eigenvalue weighted by molar-refractivity contribution is -0.291. The molecule has 1 N–H and O–H groups in total. The van der Waals surface area contributed by atoms with Crippen LogP contribution in [0.2, 0.25) is 0 Å². The summed E-state index contributed by atoms with van der Waals surface area (Å²) in [4.78, 5) is 60.0. The molecule has 93 heavy (non-hydrogen) atoms. The Morgan fingerprint density at radius 2 is 0.968 bits per heavy atom. The third-order valence-corrected chi connectivity index (χ3v) is 16.6. The fourth-order valence-corrected chi connectivity index (χ4v) is 13.0. The van der Waals surface area contributed by atoms with Gasteiger partial charge in [-0.15, -0.1) is 0 Å². The molecule has 4 atom stereocenters. The monoisotopic (exact) mass is 1270 g/mol. The van der Waals surface area contributed by atoms with Gasteiger partial charge in [-0.05, 0) is 213 Å². The average molecular weight is 1270 g/mol. The molecule has 494 valence electrons. The molecule has 2 aliphatic heterocycles. The number of halogens is 2. The molecule has 2 aliphatic carbocycles. The van der Waals surface area contributed by atoms with Gasteiger partial charge in [0.25, 0.3) is 0 Å². The highest BCUT2D eigenvalue weighted by atomic mass is 19.1. The predicted molar refractivity (Wildman–Crippen MR) is 357 cm³/mol. The Balaban J connectivity index is 0.000000219. The quantitative estimate of drug-likeness (QED) is 0.0804. The molecule has 14 nitrogen and oxygen atoms in total. The predicted octanol–water partition coefficient (Wildman–Crippen LogP) is 17.1. The van der Waals surface area contributed by atoms with Crippen molar-refractivity contribution < 1.29 is 66.2 Å². The number of carbonyl (C=O) groups is 4. The normalized spacial score (nSPS) is 19.3. The number of pyridine rings is 2. The number of esters is 3. The summed E-state index contributed by atoms with van der Waals surface area (Å²) >= 11 is 0. The molecule has 4 aromatic carbocycles. The van der Waals surface area contributed by atoms with Crippen molar-refractivity contribution in [3.05, 3.63) is 165 Å². The number of aryl methyl sites for hydroxylation is 2. The lowest BCUT2D eigenvalue weighted by Crippen LogP contribution is -2.45. The molecule has 4 heterocycles. The molecule has 0 spiro atoms. The zero-order valence-corrected chi connectivity index (χ0v) is 56.5. The van der Waals surface area contributed by atoms with E-state index in [0.29, 0.717) is 18.4 Å². The summed E-state index contributed by atoms with van der Waals surface area (Å²) in [5, 5.41) is 9.63. The molecule has 0 saturated carbocycles. The topological polar surface area (TPSA) is 179 Å². The summed E-state index contributed by atoms with van der Waals surface area (Å²) in [5.74, 6) is -4.27. The number of methoxy groups -OCH3 is 1. The Bertz CT molecular complexity index is 3810. The first-order valence-electron chi connectivity index (χ1n) is 32.5. The van der Waals surface area contributed by atoms with Crippen LogP contribution in [0.1, 0.15) is 213 Å². The van der Waals surface area contributed by atoms with Crippen LogP contribution in [-0.4, -0.2) is 93.3 Å². The molecule has 0 radical (unpaired) electrons. The molecule has 6 aromatic rings.